The smallest absolute Gasteiger partial charge is 0.262 e. The van der Waals surface area contributed by atoms with Crippen molar-refractivity contribution in [2.24, 2.45) is 0 Å². The van der Waals surface area contributed by atoms with Gasteiger partial charge in [-0.15, -0.1) is 0 Å². The number of benzene rings is 2. The van der Waals surface area contributed by atoms with Gasteiger partial charge in [-0.1, -0.05) is 29.1 Å². The lowest BCUT2D eigenvalue weighted by atomic mass is 10.2. The van der Waals surface area contributed by atoms with Crippen molar-refractivity contribution in [3.05, 3.63) is 59.5 Å². The molecule has 4 rings (SSSR count). The molecule has 0 aliphatic rings. The predicted octanol–water partition coefficient (Wildman–Crippen LogP) is 4.53. The summed E-state index contributed by atoms with van der Waals surface area (Å²) in [5.41, 5.74) is 3.14. The van der Waals surface area contributed by atoms with Gasteiger partial charge in [0.15, 0.2) is 5.58 Å². The van der Waals surface area contributed by atoms with Gasteiger partial charge in [0.05, 0.1) is 23.4 Å². The number of nitrogens with one attached hydrogen (secondary N) is 1. The van der Waals surface area contributed by atoms with Crippen LogP contribution in [0.2, 0.25) is 0 Å². The van der Waals surface area contributed by atoms with E-state index in [2.05, 4.69) is 14.9 Å². The second kappa shape index (κ2) is 8.04. The summed E-state index contributed by atoms with van der Waals surface area (Å²) < 4.78 is 44.3. The number of oxazole rings is 1. The Hall–Kier alpha value is -2.98. The molecule has 0 aliphatic heterocycles. The first kappa shape index (κ1) is 20.3. The maximum atomic E-state index is 12.8. The zero-order valence-corrected chi connectivity index (χ0v) is 18.1. The number of hydrogen-bond donors (Lipinski definition) is 1. The Balaban J connectivity index is 1.57. The second-order valence-corrected chi connectivity index (χ2v) is 9.12. The third kappa shape index (κ3) is 4.01. The van der Waals surface area contributed by atoms with Crippen molar-refractivity contribution < 1.29 is 22.1 Å². The Morgan fingerprint density at radius 2 is 1.97 bits per heavy atom. The number of methoxy groups -OCH3 is 1. The number of sulfonamides is 1. The molecule has 0 saturated heterocycles. The largest absolute Gasteiger partial charge is 0.495 e. The Labute approximate surface area is 177 Å². The summed E-state index contributed by atoms with van der Waals surface area (Å²) in [6, 6.07) is 11.4. The van der Waals surface area contributed by atoms with Crippen LogP contribution in [0.5, 0.6) is 5.75 Å². The number of nitrogens with zero attached hydrogens (tertiary/aromatic N) is 2. The van der Waals surface area contributed by atoms with Crippen LogP contribution in [0.4, 0.5) is 5.69 Å². The normalized spacial score (nSPS) is 11.7. The van der Waals surface area contributed by atoms with Crippen molar-refractivity contribution in [3.63, 3.8) is 0 Å². The van der Waals surface area contributed by atoms with Gasteiger partial charge in [0.2, 0.25) is 0 Å². The average molecular weight is 446 g/mol. The monoisotopic (exact) mass is 445 g/mol. The molecule has 2 aromatic carbocycles. The van der Waals surface area contributed by atoms with E-state index >= 15 is 0 Å². The van der Waals surface area contributed by atoms with Crippen LogP contribution < -0.4 is 9.46 Å². The minimum absolute atomic E-state index is 0.0801. The second-order valence-electron chi connectivity index (χ2n) is 6.51. The van der Waals surface area contributed by atoms with Crippen LogP contribution >= 0.6 is 11.8 Å². The Morgan fingerprint density at radius 1 is 1.17 bits per heavy atom. The summed E-state index contributed by atoms with van der Waals surface area (Å²) in [5, 5.41) is 4.38. The highest BCUT2D eigenvalue weighted by atomic mass is 32.2. The van der Waals surface area contributed by atoms with Gasteiger partial charge in [0.1, 0.15) is 17.0 Å². The van der Waals surface area contributed by atoms with Gasteiger partial charge in [-0.2, -0.15) is 0 Å². The van der Waals surface area contributed by atoms with E-state index < -0.39 is 10.0 Å². The maximum Gasteiger partial charge on any atom is 0.262 e. The molecule has 0 radical (unpaired) electrons. The van der Waals surface area contributed by atoms with E-state index in [1.807, 2.05) is 13.8 Å². The minimum atomic E-state index is -3.83. The molecule has 156 valence electrons. The van der Waals surface area contributed by atoms with Gasteiger partial charge in [-0.3, -0.25) is 4.72 Å². The fraction of sp³-hybridized carbons (Fsp3) is 0.200. The number of rotatable bonds is 7. The van der Waals surface area contributed by atoms with Gasteiger partial charge in [-0.25, -0.2) is 13.4 Å². The molecule has 0 unspecified atom stereocenters. The molecule has 30 heavy (non-hydrogen) atoms. The fourth-order valence-electron chi connectivity index (χ4n) is 2.89. The van der Waals surface area contributed by atoms with Crippen LogP contribution in [0.15, 0.2) is 61.5 Å². The Bertz CT molecular complexity index is 1290. The van der Waals surface area contributed by atoms with Crippen molar-refractivity contribution >= 4 is 38.6 Å². The summed E-state index contributed by atoms with van der Waals surface area (Å²) in [7, 11) is -2.34. The van der Waals surface area contributed by atoms with E-state index in [9.17, 15) is 8.42 Å². The standard InChI is InChI=1S/C20H19N3O5S2/c1-12-15(13(2)28-22-12)11-29-20-21-17-10-14(8-9-19(17)27-20)30(24,25)23-16-6-4-5-7-18(16)26-3/h4-10,23H,11H2,1-3H3. The van der Waals surface area contributed by atoms with Crippen LogP contribution in [-0.2, 0) is 15.8 Å². The number of anilines is 1. The van der Waals surface area contributed by atoms with Crippen LogP contribution in [0.25, 0.3) is 11.1 Å². The minimum Gasteiger partial charge on any atom is -0.495 e. The van der Waals surface area contributed by atoms with Crippen molar-refractivity contribution in [1.82, 2.24) is 10.1 Å². The van der Waals surface area contributed by atoms with Gasteiger partial charge >= 0.3 is 0 Å². The van der Waals surface area contributed by atoms with E-state index in [4.69, 9.17) is 13.7 Å². The van der Waals surface area contributed by atoms with Crippen molar-refractivity contribution in [3.8, 4) is 5.75 Å². The first-order valence-corrected chi connectivity index (χ1v) is 11.5. The van der Waals surface area contributed by atoms with E-state index in [0.717, 1.165) is 17.0 Å². The summed E-state index contributed by atoms with van der Waals surface area (Å²) in [6.07, 6.45) is 0. The molecule has 0 amide bonds. The highest BCUT2D eigenvalue weighted by Gasteiger charge is 2.19. The van der Waals surface area contributed by atoms with Crippen LogP contribution in [0, 0.1) is 13.8 Å². The Kier molecular flexibility index (Phi) is 5.44. The van der Waals surface area contributed by atoms with Gasteiger partial charge < -0.3 is 13.7 Å². The first-order valence-electron chi connectivity index (χ1n) is 8.98. The Morgan fingerprint density at radius 3 is 2.70 bits per heavy atom. The summed E-state index contributed by atoms with van der Waals surface area (Å²) >= 11 is 1.39. The SMILES string of the molecule is COc1ccccc1NS(=O)(=O)c1ccc2oc(SCc3c(C)noc3C)nc2c1. The topological polar surface area (TPSA) is 107 Å². The van der Waals surface area contributed by atoms with Gasteiger partial charge in [-0.05, 0) is 44.2 Å². The van der Waals surface area contributed by atoms with Crippen molar-refractivity contribution in [1.29, 1.82) is 0 Å². The molecule has 10 heteroatoms. The van der Waals surface area contributed by atoms with Crippen LogP contribution in [0.1, 0.15) is 17.0 Å². The van der Waals surface area contributed by atoms with Gasteiger partial charge in [0, 0.05) is 11.3 Å². The summed E-state index contributed by atoms with van der Waals surface area (Å²) in [5.74, 6) is 1.78. The van der Waals surface area contributed by atoms with E-state index in [1.165, 1.54) is 31.0 Å². The number of ether oxygens (including phenoxy) is 1. The van der Waals surface area contributed by atoms with E-state index in [-0.39, 0.29) is 4.90 Å². The van der Waals surface area contributed by atoms with Crippen LogP contribution in [-0.4, -0.2) is 25.7 Å². The highest BCUT2D eigenvalue weighted by Crippen LogP contribution is 2.31. The molecule has 0 bridgehead atoms. The van der Waals surface area contributed by atoms with E-state index in [0.29, 0.717) is 33.5 Å². The zero-order valence-electron chi connectivity index (χ0n) is 16.5. The van der Waals surface area contributed by atoms with Crippen molar-refractivity contribution in [2.45, 2.75) is 29.7 Å². The summed E-state index contributed by atoms with van der Waals surface area (Å²) in [6.45, 7) is 3.73. The quantitative estimate of drug-likeness (QED) is 0.413. The molecule has 0 atom stereocenters. The third-order valence-corrected chi connectivity index (χ3v) is 6.74. The first-order chi connectivity index (χ1) is 14.4. The molecule has 2 aromatic heterocycles. The molecule has 1 N–H and O–H groups in total. The van der Waals surface area contributed by atoms with Crippen molar-refractivity contribution in [2.75, 3.05) is 11.8 Å². The molecule has 8 nitrogen and oxygen atoms in total. The molecule has 0 fully saturated rings. The third-order valence-electron chi connectivity index (χ3n) is 4.52. The molecular formula is C20H19N3O5S2. The molecule has 0 spiro atoms. The number of fused-ring (bicyclic) bond motifs is 1. The lowest BCUT2D eigenvalue weighted by Gasteiger charge is -2.11. The predicted molar refractivity (Wildman–Crippen MR) is 113 cm³/mol. The highest BCUT2D eigenvalue weighted by molar-refractivity contribution is 7.98. The van der Waals surface area contributed by atoms with Gasteiger partial charge in [0.25, 0.3) is 15.2 Å². The number of aryl methyl sites for hydroxylation is 2. The molecule has 0 saturated carbocycles. The van der Waals surface area contributed by atoms with E-state index in [1.54, 1.807) is 30.3 Å². The number of aromatic nitrogens is 2. The van der Waals surface area contributed by atoms with Crippen LogP contribution in [0.3, 0.4) is 0 Å². The number of thioether (sulfide) groups is 1. The maximum absolute atomic E-state index is 12.8. The lowest BCUT2D eigenvalue weighted by molar-refractivity contribution is 0.392. The lowest BCUT2D eigenvalue weighted by Crippen LogP contribution is -2.13. The molecule has 4 aromatic rings. The summed E-state index contributed by atoms with van der Waals surface area (Å²) in [4.78, 5) is 4.49. The molecule has 2 heterocycles. The number of para-hydroxylation sites is 2. The zero-order chi connectivity index (χ0) is 21.3. The fourth-order valence-corrected chi connectivity index (χ4v) is 4.97. The number of hydrogen-bond acceptors (Lipinski definition) is 8. The molecular weight excluding hydrogens is 426 g/mol. The average Bonchev–Trinajstić information content (AvgIpc) is 3.28. The molecule has 0 aliphatic carbocycles.